The van der Waals surface area contributed by atoms with Crippen LogP contribution in [0.25, 0.3) is 0 Å². The second kappa shape index (κ2) is 5.02. The molecule has 0 radical (unpaired) electrons. The number of aromatic nitrogens is 2. The fraction of sp³-hybridized carbons (Fsp3) is 0.412. The Balaban J connectivity index is 1.68. The Kier molecular flexibility index (Phi) is 3.02. The summed E-state index contributed by atoms with van der Waals surface area (Å²) in [6, 6.07) is 8.13. The molecular formula is C17H19N3O. The van der Waals surface area contributed by atoms with Gasteiger partial charge in [0.15, 0.2) is 11.9 Å². The van der Waals surface area contributed by atoms with Crippen LogP contribution < -0.4 is 10.5 Å². The first-order chi connectivity index (χ1) is 10.3. The molecular weight excluding hydrogens is 262 g/mol. The number of aryl methyl sites for hydroxylation is 1. The molecule has 0 saturated heterocycles. The minimum atomic E-state index is -0.0988. The van der Waals surface area contributed by atoms with Crippen molar-refractivity contribution in [1.29, 1.82) is 0 Å². The van der Waals surface area contributed by atoms with Crippen LogP contribution in [0.3, 0.4) is 0 Å². The minimum Gasteiger partial charge on any atom is -0.482 e. The maximum absolute atomic E-state index is 6.18. The van der Waals surface area contributed by atoms with Crippen molar-refractivity contribution in [3.63, 3.8) is 0 Å². The van der Waals surface area contributed by atoms with E-state index in [1.807, 2.05) is 18.2 Å². The average molecular weight is 281 g/mol. The number of hydrogen-bond acceptors (Lipinski definition) is 4. The summed E-state index contributed by atoms with van der Waals surface area (Å²) >= 11 is 0. The largest absolute Gasteiger partial charge is 0.482 e. The normalized spacial score (nSPS) is 20.3. The first kappa shape index (κ1) is 12.6. The SMILES string of the molecule is Nc1nc(C2Cc3ccccc3O2)nc2c1CCCCC2. The Hall–Kier alpha value is -2.10. The predicted octanol–water partition coefficient (Wildman–Crippen LogP) is 3.00. The van der Waals surface area contributed by atoms with Crippen molar-refractivity contribution in [3.8, 4) is 5.75 Å². The number of nitrogens with zero attached hydrogens (tertiary/aromatic N) is 2. The lowest BCUT2D eigenvalue weighted by Gasteiger charge is -2.14. The maximum Gasteiger partial charge on any atom is 0.172 e. The molecule has 21 heavy (non-hydrogen) atoms. The monoisotopic (exact) mass is 281 g/mol. The number of benzene rings is 1. The van der Waals surface area contributed by atoms with E-state index in [4.69, 9.17) is 15.5 Å². The Morgan fingerprint density at radius 3 is 2.81 bits per heavy atom. The number of rotatable bonds is 1. The number of hydrogen-bond donors (Lipinski definition) is 1. The fourth-order valence-electron chi connectivity index (χ4n) is 3.29. The molecule has 1 aromatic carbocycles. The summed E-state index contributed by atoms with van der Waals surface area (Å²) in [6.45, 7) is 0. The van der Waals surface area contributed by atoms with E-state index >= 15 is 0 Å². The standard InChI is InChI=1S/C17H19N3O/c18-16-12-7-2-1-3-8-13(12)19-17(20-16)15-10-11-6-4-5-9-14(11)21-15/h4-6,9,15H,1-3,7-8,10H2,(H2,18,19,20). The second-order valence-corrected chi connectivity index (χ2v) is 5.87. The topological polar surface area (TPSA) is 61.0 Å². The summed E-state index contributed by atoms with van der Waals surface area (Å²) in [5.41, 5.74) is 9.69. The highest BCUT2D eigenvalue weighted by atomic mass is 16.5. The van der Waals surface area contributed by atoms with E-state index < -0.39 is 0 Å². The van der Waals surface area contributed by atoms with Gasteiger partial charge in [-0.3, -0.25) is 0 Å². The maximum atomic E-state index is 6.18. The summed E-state index contributed by atoms with van der Waals surface area (Å²) in [5.74, 6) is 2.33. The lowest BCUT2D eigenvalue weighted by Crippen LogP contribution is -2.14. The molecule has 0 saturated carbocycles. The molecule has 0 fully saturated rings. The van der Waals surface area contributed by atoms with Crippen LogP contribution in [0.5, 0.6) is 5.75 Å². The van der Waals surface area contributed by atoms with E-state index in [1.54, 1.807) is 0 Å². The summed E-state index contributed by atoms with van der Waals surface area (Å²) in [4.78, 5) is 9.32. The quantitative estimate of drug-likeness (QED) is 0.816. The molecule has 108 valence electrons. The first-order valence-corrected chi connectivity index (χ1v) is 7.71. The van der Waals surface area contributed by atoms with Gasteiger partial charge in [0.05, 0.1) is 0 Å². The molecule has 4 heteroatoms. The van der Waals surface area contributed by atoms with Gasteiger partial charge in [-0.2, -0.15) is 0 Å². The van der Waals surface area contributed by atoms with E-state index in [1.165, 1.54) is 24.8 Å². The van der Waals surface area contributed by atoms with Gasteiger partial charge >= 0.3 is 0 Å². The molecule has 1 unspecified atom stereocenters. The molecule has 1 aliphatic heterocycles. The second-order valence-electron chi connectivity index (χ2n) is 5.87. The zero-order valence-corrected chi connectivity index (χ0v) is 12.0. The summed E-state index contributed by atoms with van der Waals surface area (Å²) in [6.07, 6.45) is 6.37. The van der Waals surface area contributed by atoms with Gasteiger partial charge in [0.1, 0.15) is 11.6 Å². The van der Waals surface area contributed by atoms with Gasteiger partial charge < -0.3 is 10.5 Å². The zero-order chi connectivity index (χ0) is 14.2. The van der Waals surface area contributed by atoms with Crippen molar-refractivity contribution in [2.75, 3.05) is 5.73 Å². The third-order valence-electron chi connectivity index (χ3n) is 4.42. The Labute approximate surface area is 124 Å². The number of fused-ring (bicyclic) bond motifs is 2. The van der Waals surface area contributed by atoms with Crippen molar-refractivity contribution in [2.24, 2.45) is 0 Å². The van der Waals surface area contributed by atoms with E-state index in [9.17, 15) is 0 Å². The lowest BCUT2D eigenvalue weighted by molar-refractivity contribution is 0.227. The molecule has 2 heterocycles. The van der Waals surface area contributed by atoms with Gasteiger partial charge in [-0.1, -0.05) is 24.6 Å². The molecule has 4 rings (SSSR count). The molecule has 4 nitrogen and oxygen atoms in total. The van der Waals surface area contributed by atoms with Crippen molar-refractivity contribution in [3.05, 3.63) is 46.9 Å². The van der Waals surface area contributed by atoms with E-state index in [0.717, 1.165) is 42.1 Å². The van der Waals surface area contributed by atoms with Crippen LogP contribution in [-0.4, -0.2) is 9.97 Å². The van der Waals surface area contributed by atoms with E-state index in [-0.39, 0.29) is 6.10 Å². The molecule has 1 aliphatic carbocycles. The van der Waals surface area contributed by atoms with Crippen LogP contribution in [0, 0.1) is 0 Å². The lowest BCUT2D eigenvalue weighted by atomic mass is 10.1. The first-order valence-electron chi connectivity index (χ1n) is 7.71. The van der Waals surface area contributed by atoms with Gasteiger partial charge in [-0.25, -0.2) is 9.97 Å². The molecule has 1 atom stereocenters. The van der Waals surface area contributed by atoms with Crippen LogP contribution >= 0.6 is 0 Å². The van der Waals surface area contributed by atoms with Gasteiger partial charge in [0, 0.05) is 17.7 Å². The van der Waals surface area contributed by atoms with Gasteiger partial charge in [0.2, 0.25) is 0 Å². The Bertz CT molecular complexity index is 659. The number of ether oxygens (including phenoxy) is 1. The number of para-hydroxylation sites is 1. The Morgan fingerprint density at radius 1 is 1.05 bits per heavy atom. The van der Waals surface area contributed by atoms with E-state index in [2.05, 4.69) is 11.1 Å². The number of nitrogens with two attached hydrogens (primary N) is 1. The van der Waals surface area contributed by atoms with Crippen LogP contribution in [0.2, 0.25) is 0 Å². The molecule has 2 aliphatic rings. The molecule has 0 amide bonds. The van der Waals surface area contributed by atoms with Crippen LogP contribution in [0.4, 0.5) is 5.82 Å². The highest BCUT2D eigenvalue weighted by molar-refractivity contribution is 5.44. The van der Waals surface area contributed by atoms with Crippen LogP contribution in [0.15, 0.2) is 24.3 Å². The van der Waals surface area contributed by atoms with Crippen molar-refractivity contribution in [2.45, 2.75) is 44.6 Å². The number of nitrogen functional groups attached to an aromatic ring is 1. The van der Waals surface area contributed by atoms with Gasteiger partial charge in [-0.05, 0) is 37.3 Å². The van der Waals surface area contributed by atoms with Crippen molar-refractivity contribution < 1.29 is 4.74 Å². The van der Waals surface area contributed by atoms with Crippen molar-refractivity contribution in [1.82, 2.24) is 9.97 Å². The van der Waals surface area contributed by atoms with Gasteiger partial charge in [-0.15, -0.1) is 0 Å². The predicted molar refractivity (Wildman–Crippen MR) is 81.2 cm³/mol. The molecule has 0 spiro atoms. The minimum absolute atomic E-state index is 0.0988. The molecule has 2 aromatic rings. The molecule has 2 N–H and O–H groups in total. The Morgan fingerprint density at radius 2 is 1.90 bits per heavy atom. The molecule has 1 aromatic heterocycles. The highest BCUT2D eigenvalue weighted by Crippen LogP contribution is 2.36. The van der Waals surface area contributed by atoms with Crippen LogP contribution in [-0.2, 0) is 19.3 Å². The third-order valence-corrected chi connectivity index (χ3v) is 4.42. The van der Waals surface area contributed by atoms with E-state index in [0.29, 0.717) is 5.82 Å². The third kappa shape index (κ3) is 2.24. The van der Waals surface area contributed by atoms with Crippen molar-refractivity contribution >= 4 is 5.82 Å². The highest BCUT2D eigenvalue weighted by Gasteiger charge is 2.28. The molecule has 0 bridgehead atoms. The van der Waals surface area contributed by atoms with Gasteiger partial charge in [0.25, 0.3) is 0 Å². The fourth-order valence-corrected chi connectivity index (χ4v) is 3.29. The zero-order valence-electron chi connectivity index (χ0n) is 12.0. The average Bonchev–Trinajstić information content (AvgIpc) is 2.78. The smallest absolute Gasteiger partial charge is 0.172 e. The summed E-state index contributed by atoms with van der Waals surface area (Å²) in [5, 5.41) is 0. The summed E-state index contributed by atoms with van der Waals surface area (Å²) in [7, 11) is 0. The summed E-state index contributed by atoms with van der Waals surface area (Å²) < 4.78 is 5.99. The van der Waals surface area contributed by atoms with Crippen LogP contribution in [0.1, 0.15) is 48.0 Å². The number of anilines is 1.